The van der Waals surface area contributed by atoms with Gasteiger partial charge in [0, 0.05) is 22.9 Å². The van der Waals surface area contributed by atoms with E-state index in [0.29, 0.717) is 22.9 Å². The summed E-state index contributed by atoms with van der Waals surface area (Å²) >= 11 is 0. The maximum Gasteiger partial charge on any atom is 0.262 e. The molecule has 8 nitrogen and oxygen atoms in total. The fourth-order valence-electron chi connectivity index (χ4n) is 3.51. The summed E-state index contributed by atoms with van der Waals surface area (Å²) in [4.78, 5) is -0.0995. The molecule has 2 N–H and O–H groups in total. The number of benzene rings is 4. The molecule has 0 aliphatic heterocycles. The van der Waals surface area contributed by atoms with Crippen molar-refractivity contribution in [1.29, 1.82) is 0 Å². The minimum Gasteiger partial charge on any atom is -0.497 e. The lowest BCUT2D eigenvalue weighted by molar-refractivity contribution is 0.415. The molecule has 10 heteroatoms. The monoisotopic (exact) mass is 498 g/mol. The first-order chi connectivity index (χ1) is 16.2. The van der Waals surface area contributed by atoms with Crippen LogP contribution in [0.25, 0.3) is 10.8 Å². The molecule has 34 heavy (non-hydrogen) atoms. The molecule has 0 bridgehead atoms. The highest BCUT2D eigenvalue weighted by atomic mass is 32.2. The van der Waals surface area contributed by atoms with Gasteiger partial charge in [0.1, 0.15) is 11.5 Å². The SMILES string of the molecule is COc1cccc(NS(=O)(=O)c2cccc3c(S(=O)(=O)Nc4cccc(OC)c4)cccc23)c1. The summed E-state index contributed by atoms with van der Waals surface area (Å²) < 4.78 is 68.2. The Balaban J connectivity index is 1.76. The van der Waals surface area contributed by atoms with Crippen LogP contribution in [0.4, 0.5) is 11.4 Å². The molecule has 0 aliphatic carbocycles. The molecule has 0 saturated carbocycles. The summed E-state index contributed by atoms with van der Waals surface area (Å²) in [6, 6.07) is 22.0. The fraction of sp³-hybridized carbons (Fsp3) is 0.0833. The van der Waals surface area contributed by atoms with E-state index in [1.165, 1.54) is 38.5 Å². The van der Waals surface area contributed by atoms with Gasteiger partial charge in [0.2, 0.25) is 0 Å². The van der Waals surface area contributed by atoms with Crippen molar-refractivity contribution < 1.29 is 26.3 Å². The second-order valence-corrected chi connectivity index (χ2v) is 10.6. The van der Waals surface area contributed by atoms with Crippen LogP contribution in [0.15, 0.2) is 94.7 Å². The van der Waals surface area contributed by atoms with Crippen molar-refractivity contribution in [1.82, 2.24) is 0 Å². The Labute approximate surface area is 198 Å². The van der Waals surface area contributed by atoms with E-state index in [-0.39, 0.29) is 20.6 Å². The normalized spacial score (nSPS) is 11.7. The first kappa shape index (κ1) is 23.4. The Morgan fingerprint density at radius 2 is 0.941 bits per heavy atom. The number of rotatable bonds is 8. The van der Waals surface area contributed by atoms with E-state index in [4.69, 9.17) is 9.47 Å². The van der Waals surface area contributed by atoms with E-state index >= 15 is 0 Å². The van der Waals surface area contributed by atoms with Gasteiger partial charge in [-0.2, -0.15) is 0 Å². The van der Waals surface area contributed by atoms with Crippen LogP contribution in [0, 0.1) is 0 Å². The molecule has 0 spiro atoms. The standard InChI is InChI=1S/C24H22N2O6S2/c1-31-19-9-3-7-17(15-19)25-33(27,28)23-13-5-12-22-21(23)11-6-14-24(22)34(29,30)26-18-8-4-10-20(16-18)32-2/h3-16,25-26H,1-2H3. The van der Waals surface area contributed by atoms with Crippen LogP contribution in [0.3, 0.4) is 0 Å². The zero-order chi connectivity index (χ0) is 24.3. The maximum atomic E-state index is 13.2. The van der Waals surface area contributed by atoms with Gasteiger partial charge in [0.15, 0.2) is 0 Å². The van der Waals surface area contributed by atoms with E-state index in [2.05, 4.69) is 9.44 Å². The Morgan fingerprint density at radius 3 is 1.32 bits per heavy atom. The topological polar surface area (TPSA) is 111 Å². The Bertz CT molecular complexity index is 1450. The van der Waals surface area contributed by atoms with E-state index in [0.717, 1.165) is 0 Å². The fourth-order valence-corrected chi connectivity index (χ4v) is 6.06. The van der Waals surface area contributed by atoms with Gasteiger partial charge in [0.25, 0.3) is 20.0 Å². The molecule has 4 aromatic rings. The Morgan fingerprint density at radius 1 is 0.559 bits per heavy atom. The highest BCUT2D eigenvalue weighted by Gasteiger charge is 2.23. The Kier molecular flexibility index (Phi) is 6.36. The Hall–Kier alpha value is -3.76. The van der Waals surface area contributed by atoms with Crippen LogP contribution < -0.4 is 18.9 Å². The van der Waals surface area contributed by atoms with Crippen molar-refractivity contribution in [2.24, 2.45) is 0 Å². The molecule has 0 unspecified atom stereocenters. The molecule has 4 aromatic carbocycles. The molecule has 0 fully saturated rings. The van der Waals surface area contributed by atoms with Crippen molar-refractivity contribution in [3.8, 4) is 11.5 Å². The predicted octanol–water partition coefficient (Wildman–Crippen LogP) is 4.46. The molecule has 4 rings (SSSR count). The summed E-state index contributed by atoms with van der Waals surface area (Å²) in [5, 5.41) is 0.540. The lowest BCUT2D eigenvalue weighted by Gasteiger charge is -2.14. The number of nitrogens with one attached hydrogen (secondary N) is 2. The highest BCUT2D eigenvalue weighted by molar-refractivity contribution is 7.93. The van der Waals surface area contributed by atoms with Crippen molar-refractivity contribution in [3.05, 3.63) is 84.9 Å². The van der Waals surface area contributed by atoms with Gasteiger partial charge in [-0.3, -0.25) is 9.44 Å². The molecular weight excluding hydrogens is 476 g/mol. The first-order valence-corrected chi connectivity index (χ1v) is 13.1. The maximum absolute atomic E-state index is 13.2. The van der Waals surface area contributed by atoms with E-state index in [9.17, 15) is 16.8 Å². The molecule has 0 amide bonds. The lowest BCUT2D eigenvalue weighted by atomic mass is 10.1. The van der Waals surface area contributed by atoms with Gasteiger partial charge < -0.3 is 9.47 Å². The largest absolute Gasteiger partial charge is 0.497 e. The molecule has 0 atom stereocenters. The lowest BCUT2D eigenvalue weighted by Crippen LogP contribution is -2.15. The van der Waals surface area contributed by atoms with Crippen molar-refractivity contribution in [3.63, 3.8) is 0 Å². The van der Waals surface area contributed by atoms with Crippen LogP contribution in [0.1, 0.15) is 0 Å². The molecule has 0 aliphatic rings. The van der Waals surface area contributed by atoms with Crippen LogP contribution in [-0.2, 0) is 20.0 Å². The van der Waals surface area contributed by atoms with Gasteiger partial charge >= 0.3 is 0 Å². The number of methoxy groups -OCH3 is 2. The second kappa shape index (κ2) is 9.24. The quantitative estimate of drug-likeness (QED) is 0.371. The van der Waals surface area contributed by atoms with E-state index in [1.54, 1.807) is 60.7 Å². The second-order valence-electron chi connectivity index (χ2n) is 7.28. The van der Waals surface area contributed by atoms with Gasteiger partial charge in [-0.15, -0.1) is 0 Å². The third-order valence-corrected chi connectivity index (χ3v) is 7.94. The summed E-state index contributed by atoms with van der Waals surface area (Å²) in [6.45, 7) is 0. The van der Waals surface area contributed by atoms with Crippen LogP contribution in [-0.4, -0.2) is 31.1 Å². The number of sulfonamides is 2. The third-order valence-electron chi connectivity index (χ3n) is 5.07. The van der Waals surface area contributed by atoms with Gasteiger partial charge in [-0.1, -0.05) is 36.4 Å². The minimum atomic E-state index is -4.03. The molecule has 0 radical (unpaired) electrons. The number of fused-ring (bicyclic) bond motifs is 1. The highest BCUT2D eigenvalue weighted by Crippen LogP contribution is 2.31. The van der Waals surface area contributed by atoms with E-state index in [1.807, 2.05) is 0 Å². The predicted molar refractivity (Wildman–Crippen MR) is 132 cm³/mol. The number of hydrogen-bond donors (Lipinski definition) is 2. The summed E-state index contributed by atoms with van der Waals surface area (Å²) in [7, 11) is -5.09. The molecule has 0 heterocycles. The smallest absolute Gasteiger partial charge is 0.262 e. The first-order valence-electron chi connectivity index (χ1n) is 10.1. The summed E-state index contributed by atoms with van der Waals surface area (Å²) in [6.07, 6.45) is 0. The minimum absolute atomic E-state index is 0.0498. The zero-order valence-electron chi connectivity index (χ0n) is 18.3. The van der Waals surface area contributed by atoms with Crippen molar-refractivity contribution >= 4 is 42.2 Å². The summed E-state index contributed by atoms with van der Waals surface area (Å²) in [5.74, 6) is 0.991. The zero-order valence-corrected chi connectivity index (χ0v) is 20.0. The van der Waals surface area contributed by atoms with Crippen LogP contribution in [0.2, 0.25) is 0 Å². The van der Waals surface area contributed by atoms with Crippen molar-refractivity contribution in [2.75, 3.05) is 23.7 Å². The number of anilines is 2. The molecule has 0 aromatic heterocycles. The van der Waals surface area contributed by atoms with Gasteiger partial charge in [-0.25, -0.2) is 16.8 Å². The number of hydrogen-bond acceptors (Lipinski definition) is 6. The molecular formula is C24H22N2O6S2. The average molecular weight is 499 g/mol. The van der Waals surface area contributed by atoms with E-state index < -0.39 is 20.0 Å². The molecule has 176 valence electrons. The summed E-state index contributed by atoms with van der Waals surface area (Å²) in [5.41, 5.74) is 0.639. The number of ether oxygens (including phenoxy) is 2. The molecule has 0 saturated heterocycles. The van der Waals surface area contributed by atoms with Crippen LogP contribution in [0.5, 0.6) is 11.5 Å². The average Bonchev–Trinajstić information content (AvgIpc) is 2.83. The van der Waals surface area contributed by atoms with Gasteiger partial charge in [-0.05, 0) is 36.4 Å². The van der Waals surface area contributed by atoms with Gasteiger partial charge in [0.05, 0.1) is 35.4 Å². The van der Waals surface area contributed by atoms with Crippen molar-refractivity contribution in [2.45, 2.75) is 9.79 Å². The third kappa shape index (κ3) is 4.78. The van der Waals surface area contributed by atoms with Crippen LogP contribution >= 0.6 is 0 Å².